The minimum atomic E-state index is 0.256. The molecular weight excluding hydrogens is 150 g/mol. The first-order valence-electron chi connectivity index (χ1n) is 4.52. The summed E-state index contributed by atoms with van der Waals surface area (Å²) in [6, 6.07) is 0.256. The standard InChI is InChI=1S/C9H13N3/c1-5-7-6(12-11-5)4-9(2-3-9)8(7)10/h8H,2-4,10H2,1H3,(H,11,12). The topological polar surface area (TPSA) is 54.7 Å². The lowest BCUT2D eigenvalue weighted by Gasteiger charge is -2.13. The van der Waals surface area contributed by atoms with Crippen LogP contribution in [-0.4, -0.2) is 10.2 Å². The van der Waals surface area contributed by atoms with Gasteiger partial charge in [0.2, 0.25) is 0 Å². The van der Waals surface area contributed by atoms with Crippen LogP contribution in [0.25, 0.3) is 0 Å². The van der Waals surface area contributed by atoms with E-state index in [0.29, 0.717) is 5.41 Å². The molecule has 1 saturated carbocycles. The molecule has 0 aromatic carbocycles. The normalized spacial score (nSPS) is 29.3. The van der Waals surface area contributed by atoms with Crippen LogP contribution in [0.3, 0.4) is 0 Å². The Kier molecular flexibility index (Phi) is 0.966. The van der Waals surface area contributed by atoms with Crippen molar-refractivity contribution in [1.29, 1.82) is 0 Å². The fraction of sp³-hybridized carbons (Fsp3) is 0.667. The molecule has 3 rings (SSSR count). The van der Waals surface area contributed by atoms with Crippen LogP contribution in [0.2, 0.25) is 0 Å². The minimum Gasteiger partial charge on any atom is -0.323 e. The summed E-state index contributed by atoms with van der Waals surface area (Å²) in [5, 5.41) is 7.28. The fourth-order valence-electron chi connectivity index (χ4n) is 2.43. The predicted molar refractivity (Wildman–Crippen MR) is 45.6 cm³/mol. The summed E-state index contributed by atoms with van der Waals surface area (Å²) >= 11 is 0. The van der Waals surface area contributed by atoms with Gasteiger partial charge in [-0.05, 0) is 31.6 Å². The van der Waals surface area contributed by atoms with Gasteiger partial charge in [-0.1, -0.05) is 0 Å². The Balaban J connectivity index is 2.14. The highest BCUT2D eigenvalue weighted by Crippen LogP contribution is 2.60. The number of aromatic nitrogens is 2. The number of aromatic amines is 1. The van der Waals surface area contributed by atoms with Crippen LogP contribution in [0.1, 0.15) is 35.8 Å². The number of hydrogen-bond donors (Lipinski definition) is 2. The maximum atomic E-state index is 6.17. The van der Waals surface area contributed by atoms with Gasteiger partial charge in [0.15, 0.2) is 0 Å². The molecule has 0 aliphatic heterocycles. The van der Waals surface area contributed by atoms with E-state index in [0.717, 1.165) is 6.42 Å². The van der Waals surface area contributed by atoms with E-state index in [9.17, 15) is 0 Å². The quantitative estimate of drug-likeness (QED) is 0.600. The van der Waals surface area contributed by atoms with E-state index in [4.69, 9.17) is 5.73 Å². The van der Waals surface area contributed by atoms with Crippen molar-refractivity contribution in [3.05, 3.63) is 17.0 Å². The van der Waals surface area contributed by atoms with Crippen molar-refractivity contribution in [3.63, 3.8) is 0 Å². The maximum absolute atomic E-state index is 6.17. The molecule has 3 heteroatoms. The number of hydrogen-bond acceptors (Lipinski definition) is 2. The summed E-state index contributed by atoms with van der Waals surface area (Å²) in [7, 11) is 0. The molecular formula is C9H13N3. The molecule has 1 fully saturated rings. The molecule has 64 valence electrons. The van der Waals surface area contributed by atoms with Gasteiger partial charge in [0.1, 0.15) is 0 Å². The second-order valence-electron chi connectivity index (χ2n) is 4.23. The molecule has 3 nitrogen and oxygen atoms in total. The van der Waals surface area contributed by atoms with Gasteiger partial charge in [0, 0.05) is 17.3 Å². The van der Waals surface area contributed by atoms with E-state index < -0.39 is 0 Å². The SMILES string of the molecule is Cc1[nH]nc2c1C(N)C1(CC1)C2. The first-order chi connectivity index (χ1) is 5.73. The lowest BCUT2D eigenvalue weighted by Crippen LogP contribution is -2.18. The van der Waals surface area contributed by atoms with Crippen molar-refractivity contribution in [2.24, 2.45) is 11.1 Å². The largest absolute Gasteiger partial charge is 0.323 e. The molecule has 2 aliphatic carbocycles. The summed E-state index contributed by atoms with van der Waals surface area (Å²) in [5.74, 6) is 0. The lowest BCUT2D eigenvalue weighted by atomic mass is 9.98. The number of nitrogens with one attached hydrogen (secondary N) is 1. The van der Waals surface area contributed by atoms with E-state index in [1.165, 1.54) is 29.8 Å². The second-order valence-corrected chi connectivity index (χ2v) is 4.23. The van der Waals surface area contributed by atoms with Crippen molar-refractivity contribution in [3.8, 4) is 0 Å². The summed E-state index contributed by atoms with van der Waals surface area (Å²) in [4.78, 5) is 0. The van der Waals surface area contributed by atoms with Crippen LogP contribution < -0.4 is 5.73 Å². The third-order valence-electron chi connectivity index (χ3n) is 3.46. The van der Waals surface area contributed by atoms with Crippen LogP contribution in [0, 0.1) is 12.3 Å². The van der Waals surface area contributed by atoms with Gasteiger partial charge < -0.3 is 5.73 Å². The van der Waals surface area contributed by atoms with Crippen molar-refractivity contribution in [2.45, 2.75) is 32.2 Å². The lowest BCUT2D eigenvalue weighted by molar-refractivity contribution is 0.440. The van der Waals surface area contributed by atoms with Crippen LogP contribution in [0.5, 0.6) is 0 Å². The first-order valence-corrected chi connectivity index (χ1v) is 4.52. The van der Waals surface area contributed by atoms with Crippen molar-refractivity contribution in [2.75, 3.05) is 0 Å². The van der Waals surface area contributed by atoms with Gasteiger partial charge >= 0.3 is 0 Å². The fourth-order valence-corrected chi connectivity index (χ4v) is 2.43. The molecule has 0 radical (unpaired) electrons. The highest BCUT2D eigenvalue weighted by atomic mass is 15.1. The Morgan fingerprint density at radius 1 is 1.58 bits per heavy atom. The molecule has 1 aromatic rings. The second kappa shape index (κ2) is 1.74. The molecule has 12 heavy (non-hydrogen) atoms. The molecule has 0 bridgehead atoms. The molecule has 2 aliphatic rings. The zero-order chi connectivity index (χ0) is 8.34. The number of H-pyrrole nitrogens is 1. The Hall–Kier alpha value is -0.830. The maximum Gasteiger partial charge on any atom is 0.0679 e. The molecule has 0 saturated heterocycles. The van der Waals surface area contributed by atoms with Crippen LogP contribution >= 0.6 is 0 Å². The van der Waals surface area contributed by atoms with Gasteiger partial charge in [0.25, 0.3) is 0 Å². The van der Waals surface area contributed by atoms with Crippen molar-refractivity contribution >= 4 is 0 Å². The van der Waals surface area contributed by atoms with Crippen molar-refractivity contribution < 1.29 is 0 Å². The average molecular weight is 163 g/mol. The Morgan fingerprint density at radius 2 is 2.33 bits per heavy atom. The summed E-state index contributed by atoms with van der Waals surface area (Å²) in [6.45, 7) is 2.06. The highest BCUT2D eigenvalue weighted by Gasteiger charge is 2.54. The van der Waals surface area contributed by atoms with E-state index in [-0.39, 0.29) is 6.04 Å². The van der Waals surface area contributed by atoms with Gasteiger partial charge in [-0.2, -0.15) is 5.10 Å². The predicted octanol–water partition coefficient (Wildman–Crippen LogP) is 1.05. The zero-order valence-electron chi connectivity index (χ0n) is 7.22. The number of fused-ring (bicyclic) bond motifs is 1. The Morgan fingerprint density at radius 3 is 2.92 bits per heavy atom. The molecule has 1 unspecified atom stereocenters. The van der Waals surface area contributed by atoms with E-state index in [1.54, 1.807) is 0 Å². The summed E-state index contributed by atoms with van der Waals surface area (Å²) in [6.07, 6.45) is 3.70. The van der Waals surface area contributed by atoms with E-state index >= 15 is 0 Å². The first kappa shape index (κ1) is 6.66. The number of nitrogens with zero attached hydrogens (tertiary/aromatic N) is 1. The van der Waals surface area contributed by atoms with Gasteiger partial charge in [-0.25, -0.2) is 0 Å². The monoisotopic (exact) mass is 163 g/mol. The molecule has 1 atom stereocenters. The van der Waals surface area contributed by atoms with Gasteiger partial charge in [-0.3, -0.25) is 5.10 Å². The smallest absolute Gasteiger partial charge is 0.0679 e. The molecule has 3 N–H and O–H groups in total. The van der Waals surface area contributed by atoms with Gasteiger partial charge in [0.05, 0.1) is 5.69 Å². The van der Waals surface area contributed by atoms with Crippen LogP contribution in [0.15, 0.2) is 0 Å². The van der Waals surface area contributed by atoms with Crippen molar-refractivity contribution in [1.82, 2.24) is 10.2 Å². The van der Waals surface area contributed by atoms with Crippen LogP contribution in [-0.2, 0) is 6.42 Å². The molecule has 1 heterocycles. The van der Waals surface area contributed by atoms with Gasteiger partial charge in [-0.15, -0.1) is 0 Å². The third-order valence-corrected chi connectivity index (χ3v) is 3.46. The Bertz CT molecular complexity index is 336. The minimum absolute atomic E-state index is 0.256. The Labute approximate surface area is 71.3 Å². The third kappa shape index (κ3) is 0.591. The van der Waals surface area contributed by atoms with Crippen LogP contribution in [0.4, 0.5) is 0 Å². The number of nitrogens with two attached hydrogens (primary N) is 1. The molecule has 1 spiro atoms. The van der Waals surface area contributed by atoms with E-state index in [2.05, 4.69) is 17.1 Å². The number of aryl methyl sites for hydroxylation is 1. The van der Waals surface area contributed by atoms with E-state index in [1.807, 2.05) is 0 Å². The zero-order valence-corrected chi connectivity index (χ0v) is 7.22. The number of rotatable bonds is 0. The average Bonchev–Trinajstić information content (AvgIpc) is 2.64. The molecule has 0 amide bonds. The summed E-state index contributed by atoms with van der Waals surface area (Å²) < 4.78 is 0. The highest BCUT2D eigenvalue weighted by molar-refractivity contribution is 5.38. The molecule has 1 aromatic heterocycles. The summed E-state index contributed by atoms with van der Waals surface area (Å²) in [5.41, 5.74) is 10.3.